The number of carbonyl (C=O) groups excluding carboxylic acids is 1. The molecular weight excluding hydrogens is 474 g/mol. The molecule has 1 amide bonds. The molecule has 1 aromatic carbocycles. The van der Waals surface area contributed by atoms with Crippen LogP contribution in [-0.4, -0.2) is 60.6 Å². The molecule has 2 aromatic rings. The summed E-state index contributed by atoms with van der Waals surface area (Å²) in [4.78, 5) is 25.2. The molecule has 8 nitrogen and oxygen atoms in total. The Bertz CT molecular complexity index is 1210. The maximum absolute atomic E-state index is 15.0. The Balaban J connectivity index is 1.88. The number of aliphatic imine (C=N–C) groups is 1. The largest absolute Gasteiger partial charge is 0.477 e. The highest BCUT2D eigenvalue weighted by Crippen LogP contribution is 2.46. The highest BCUT2D eigenvalue weighted by Gasteiger charge is 2.44. The predicted molar refractivity (Wildman–Crippen MR) is 137 cm³/mol. The quantitative estimate of drug-likeness (QED) is 0.432. The summed E-state index contributed by atoms with van der Waals surface area (Å²) in [7, 11) is 4.91. The van der Waals surface area contributed by atoms with Crippen LogP contribution in [0.4, 0.5) is 14.5 Å². The molecule has 0 saturated carbocycles. The summed E-state index contributed by atoms with van der Waals surface area (Å²) >= 11 is 1.32. The zero-order valence-corrected chi connectivity index (χ0v) is 20.9. The van der Waals surface area contributed by atoms with Crippen molar-refractivity contribution in [1.29, 1.82) is 0 Å². The van der Waals surface area contributed by atoms with Crippen molar-refractivity contribution in [3.63, 3.8) is 0 Å². The van der Waals surface area contributed by atoms with Crippen LogP contribution in [0.1, 0.15) is 36.3 Å². The summed E-state index contributed by atoms with van der Waals surface area (Å²) < 4.78 is 39.9. The monoisotopic (exact) mass is 499 g/mol. The number of hydrogen-bond donors (Lipinski definition) is 2. The number of halogens is 2. The van der Waals surface area contributed by atoms with Crippen LogP contribution in [0.15, 0.2) is 29.5 Å². The zero-order chi connectivity index (χ0) is 26.0. The van der Waals surface area contributed by atoms with E-state index in [1.165, 1.54) is 30.2 Å². The SMILES string of the molecule is BC(B)(C#C)Oc1cnc(C(=O)Nc2cc(F)c(F)c([C@]3(C)C[C@](C)(COC)SC(N)=N3)c2)cn1. The van der Waals surface area contributed by atoms with Gasteiger partial charge in [-0.25, -0.2) is 18.7 Å². The Morgan fingerprint density at radius 3 is 2.66 bits per heavy atom. The Labute approximate surface area is 208 Å². The lowest BCUT2D eigenvalue weighted by Crippen LogP contribution is -2.43. The van der Waals surface area contributed by atoms with Gasteiger partial charge in [0.15, 0.2) is 32.5 Å². The number of anilines is 1. The third-order valence-corrected chi connectivity index (χ3v) is 6.37. The number of ether oxygens (including phenoxy) is 2. The lowest BCUT2D eigenvalue weighted by molar-refractivity contribution is 0.102. The number of nitrogens with one attached hydrogen (secondary N) is 1. The summed E-state index contributed by atoms with van der Waals surface area (Å²) in [5.41, 5.74) is 4.78. The topological polar surface area (TPSA) is 112 Å². The van der Waals surface area contributed by atoms with E-state index in [4.69, 9.17) is 21.6 Å². The van der Waals surface area contributed by atoms with Crippen molar-refractivity contribution in [3.8, 4) is 18.2 Å². The second-order valence-corrected chi connectivity index (χ2v) is 10.8. The number of terminal acetylenes is 1. The molecule has 3 rings (SSSR count). The first-order valence-corrected chi connectivity index (χ1v) is 11.4. The predicted octanol–water partition coefficient (Wildman–Crippen LogP) is 1.01. The molecule has 2 atom stereocenters. The van der Waals surface area contributed by atoms with Crippen LogP contribution in [0.5, 0.6) is 5.88 Å². The van der Waals surface area contributed by atoms with Gasteiger partial charge >= 0.3 is 0 Å². The van der Waals surface area contributed by atoms with Gasteiger partial charge in [0.2, 0.25) is 5.88 Å². The Hall–Kier alpha value is -3.10. The van der Waals surface area contributed by atoms with E-state index in [1.807, 2.05) is 6.92 Å². The van der Waals surface area contributed by atoms with Gasteiger partial charge in [0.1, 0.15) is 5.69 Å². The molecule has 0 spiro atoms. The van der Waals surface area contributed by atoms with E-state index in [0.717, 1.165) is 6.07 Å². The van der Waals surface area contributed by atoms with Gasteiger partial charge in [-0.15, -0.1) is 6.42 Å². The van der Waals surface area contributed by atoms with Gasteiger partial charge in [-0.1, -0.05) is 17.7 Å². The molecule has 1 aromatic heterocycles. The van der Waals surface area contributed by atoms with E-state index < -0.39 is 33.2 Å². The van der Waals surface area contributed by atoms with Crippen LogP contribution in [-0.2, 0) is 10.3 Å². The van der Waals surface area contributed by atoms with Gasteiger partial charge in [0, 0.05) is 29.2 Å². The van der Waals surface area contributed by atoms with Crippen molar-refractivity contribution in [3.05, 3.63) is 47.4 Å². The number of nitrogens with two attached hydrogens (primary N) is 1. The van der Waals surface area contributed by atoms with E-state index in [9.17, 15) is 13.6 Å². The van der Waals surface area contributed by atoms with Gasteiger partial charge in [-0.05, 0) is 26.3 Å². The average molecular weight is 499 g/mol. The second kappa shape index (κ2) is 9.87. The number of thioether (sulfide) groups is 1. The smallest absolute Gasteiger partial charge is 0.275 e. The standard InChI is InChI=1S/C22H25B2F2N5O3S/c1-5-22(23,24)34-16-9-28-15(8-29-16)18(32)30-12-6-13(17(26)14(25)7-12)21(3)10-20(2,11-33-4)35-19(27)31-21/h1,6-9H,10-11,23-24H2,2-4H3,(H2,27,31)(H,30,32)/t20-,21+/m1/s1. The van der Waals surface area contributed by atoms with Gasteiger partial charge in [0.05, 0.1) is 29.9 Å². The van der Waals surface area contributed by atoms with Crippen molar-refractivity contribution in [2.45, 2.75) is 36.0 Å². The normalized spacial score (nSPS) is 22.1. The van der Waals surface area contributed by atoms with Crippen molar-refractivity contribution in [2.24, 2.45) is 10.7 Å². The lowest BCUT2D eigenvalue weighted by Gasteiger charge is -2.41. The maximum Gasteiger partial charge on any atom is 0.275 e. The number of amidine groups is 1. The number of amides is 1. The third kappa shape index (κ3) is 6.13. The minimum Gasteiger partial charge on any atom is -0.477 e. The molecule has 182 valence electrons. The van der Waals surface area contributed by atoms with Crippen LogP contribution >= 0.6 is 11.8 Å². The first kappa shape index (κ1) is 26.5. The molecule has 0 fully saturated rings. The van der Waals surface area contributed by atoms with Crippen LogP contribution in [0.25, 0.3) is 0 Å². The molecule has 35 heavy (non-hydrogen) atoms. The summed E-state index contributed by atoms with van der Waals surface area (Å²) in [5, 5.41) is 1.86. The second-order valence-electron chi connectivity index (χ2n) is 9.16. The minimum atomic E-state index is -1.18. The summed E-state index contributed by atoms with van der Waals surface area (Å²) in [6.07, 6.45) is 8.16. The van der Waals surface area contributed by atoms with E-state index in [2.05, 4.69) is 26.2 Å². The minimum absolute atomic E-state index is 0.0289. The summed E-state index contributed by atoms with van der Waals surface area (Å²) in [5.74, 6) is -0.274. The zero-order valence-electron chi connectivity index (χ0n) is 20.1. The fraction of sp³-hybridized carbons (Fsp3) is 0.364. The molecule has 1 aliphatic rings. The molecule has 1 aliphatic heterocycles. The molecule has 0 bridgehead atoms. The van der Waals surface area contributed by atoms with E-state index in [1.54, 1.807) is 29.7 Å². The van der Waals surface area contributed by atoms with Crippen LogP contribution in [0.3, 0.4) is 0 Å². The number of methoxy groups -OCH3 is 1. The fourth-order valence-corrected chi connectivity index (χ4v) is 5.17. The summed E-state index contributed by atoms with van der Waals surface area (Å²) in [6, 6.07) is 2.23. The lowest BCUT2D eigenvalue weighted by atomic mass is 9.66. The van der Waals surface area contributed by atoms with E-state index in [0.29, 0.717) is 13.0 Å². The van der Waals surface area contributed by atoms with Crippen molar-refractivity contribution >= 4 is 44.2 Å². The van der Waals surface area contributed by atoms with Gasteiger partial charge < -0.3 is 20.5 Å². The molecule has 3 N–H and O–H groups in total. The molecule has 13 heteroatoms. The van der Waals surface area contributed by atoms with E-state index in [-0.39, 0.29) is 28.0 Å². The number of benzene rings is 1. The number of aromatic nitrogens is 2. The van der Waals surface area contributed by atoms with Crippen LogP contribution in [0.2, 0.25) is 0 Å². The van der Waals surface area contributed by atoms with Crippen LogP contribution < -0.4 is 15.8 Å². The number of rotatable bonds is 7. The molecule has 0 radical (unpaired) electrons. The highest BCUT2D eigenvalue weighted by molar-refractivity contribution is 8.15. The van der Waals surface area contributed by atoms with Crippen molar-refractivity contribution in [1.82, 2.24) is 9.97 Å². The third-order valence-electron chi connectivity index (χ3n) is 5.31. The molecular formula is C22H25B2F2N5O3S. The van der Waals surface area contributed by atoms with E-state index >= 15 is 0 Å². The molecule has 0 unspecified atom stereocenters. The molecule has 0 saturated heterocycles. The van der Waals surface area contributed by atoms with Gasteiger partial charge in [0.25, 0.3) is 5.91 Å². The van der Waals surface area contributed by atoms with Gasteiger partial charge in [-0.2, -0.15) is 0 Å². The van der Waals surface area contributed by atoms with Crippen molar-refractivity contribution < 1.29 is 23.0 Å². The average Bonchev–Trinajstić information content (AvgIpc) is 2.75. The number of hydrogen-bond acceptors (Lipinski definition) is 8. The number of carbonyl (C=O) groups is 1. The highest BCUT2D eigenvalue weighted by atomic mass is 32.2. The first-order valence-electron chi connectivity index (χ1n) is 10.6. The molecule has 0 aliphatic carbocycles. The fourth-order valence-electron chi connectivity index (χ4n) is 3.89. The van der Waals surface area contributed by atoms with Crippen molar-refractivity contribution in [2.75, 3.05) is 19.0 Å². The number of nitrogens with zero attached hydrogens (tertiary/aromatic N) is 3. The Kier molecular flexibility index (Phi) is 7.48. The van der Waals surface area contributed by atoms with Crippen LogP contribution in [0, 0.1) is 24.0 Å². The van der Waals surface area contributed by atoms with Gasteiger partial charge in [-0.3, -0.25) is 9.79 Å². The Morgan fingerprint density at radius 2 is 2.06 bits per heavy atom. The summed E-state index contributed by atoms with van der Waals surface area (Å²) in [6.45, 7) is 3.91. The Morgan fingerprint density at radius 1 is 1.34 bits per heavy atom. The molecule has 2 heterocycles. The first-order chi connectivity index (χ1) is 16.3. The maximum atomic E-state index is 15.0.